The lowest BCUT2D eigenvalue weighted by Crippen LogP contribution is -2.25. The van der Waals surface area contributed by atoms with Gasteiger partial charge in [0.15, 0.2) is 0 Å². The molecule has 142 valence electrons. The number of amides is 1. The Hall–Kier alpha value is -2.34. The van der Waals surface area contributed by atoms with Gasteiger partial charge in [-0.1, -0.05) is 34.1 Å². The first-order valence-electron chi connectivity index (χ1n) is 9.21. The number of carbonyl (C=O) groups excluding carboxylic acids is 1. The van der Waals surface area contributed by atoms with Crippen molar-refractivity contribution in [1.82, 2.24) is 15.1 Å². The van der Waals surface area contributed by atoms with E-state index in [0.717, 1.165) is 34.4 Å². The lowest BCUT2D eigenvalue weighted by molar-refractivity contribution is -0.121. The third-order valence-electron chi connectivity index (χ3n) is 4.34. The Morgan fingerprint density at radius 1 is 1.15 bits per heavy atom. The molecule has 0 saturated carbocycles. The van der Waals surface area contributed by atoms with E-state index in [4.69, 9.17) is 4.74 Å². The van der Waals surface area contributed by atoms with Crippen LogP contribution in [-0.4, -0.2) is 28.8 Å². The van der Waals surface area contributed by atoms with Crippen molar-refractivity contribution in [3.8, 4) is 5.75 Å². The van der Waals surface area contributed by atoms with Gasteiger partial charge in [-0.3, -0.25) is 9.48 Å². The molecule has 0 radical (unpaired) electrons. The van der Waals surface area contributed by atoms with E-state index in [1.54, 1.807) is 0 Å². The van der Waals surface area contributed by atoms with Crippen LogP contribution in [0, 0.1) is 6.92 Å². The number of aryl methyl sites for hydroxylation is 2. The Labute approximate surface area is 167 Å². The molecule has 1 aromatic heterocycles. The number of hydrogen-bond donors (Lipinski definition) is 1. The molecule has 0 unspecified atom stereocenters. The van der Waals surface area contributed by atoms with E-state index < -0.39 is 0 Å². The molecular formula is C21H24BrN3O2. The number of aromatic nitrogens is 2. The second-order valence-corrected chi connectivity index (χ2v) is 7.35. The van der Waals surface area contributed by atoms with Crippen LogP contribution in [0.25, 0.3) is 10.9 Å². The Bertz CT molecular complexity index is 890. The average molecular weight is 430 g/mol. The summed E-state index contributed by atoms with van der Waals surface area (Å²) < 4.78 is 8.66. The zero-order valence-corrected chi connectivity index (χ0v) is 17.0. The summed E-state index contributed by atoms with van der Waals surface area (Å²) in [6.07, 6.45) is 2.03. The SMILES string of the molecule is Cc1nn(CCCNC(=O)CCCOc2ccc(Br)cc2)c2ccccc12. The molecule has 0 spiro atoms. The minimum absolute atomic E-state index is 0.0657. The van der Waals surface area contributed by atoms with Crippen LogP contribution in [0.5, 0.6) is 5.75 Å². The molecule has 1 heterocycles. The fourth-order valence-corrected chi connectivity index (χ4v) is 3.23. The number of hydrogen-bond acceptors (Lipinski definition) is 3. The molecule has 0 bridgehead atoms. The minimum atomic E-state index is 0.0657. The summed E-state index contributed by atoms with van der Waals surface area (Å²) in [5.74, 6) is 0.885. The van der Waals surface area contributed by atoms with Crippen LogP contribution in [0.4, 0.5) is 0 Å². The summed E-state index contributed by atoms with van der Waals surface area (Å²) in [5.41, 5.74) is 2.19. The highest BCUT2D eigenvalue weighted by atomic mass is 79.9. The summed E-state index contributed by atoms with van der Waals surface area (Å²) in [6.45, 7) is 4.01. The van der Waals surface area contributed by atoms with Crippen molar-refractivity contribution in [2.75, 3.05) is 13.2 Å². The van der Waals surface area contributed by atoms with Crippen molar-refractivity contribution in [2.45, 2.75) is 32.7 Å². The van der Waals surface area contributed by atoms with Gasteiger partial charge < -0.3 is 10.1 Å². The maximum Gasteiger partial charge on any atom is 0.220 e. The molecule has 3 aromatic rings. The molecule has 0 aliphatic carbocycles. The zero-order chi connectivity index (χ0) is 19.1. The molecular weight excluding hydrogens is 406 g/mol. The topological polar surface area (TPSA) is 56.2 Å². The van der Waals surface area contributed by atoms with Crippen molar-refractivity contribution in [3.05, 3.63) is 58.7 Å². The number of para-hydroxylation sites is 1. The van der Waals surface area contributed by atoms with E-state index in [2.05, 4.69) is 38.5 Å². The van der Waals surface area contributed by atoms with Crippen molar-refractivity contribution in [3.63, 3.8) is 0 Å². The maximum atomic E-state index is 11.9. The van der Waals surface area contributed by atoms with Crippen molar-refractivity contribution < 1.29 is 9.53 Å². The van der Waals surface area contributed by atoms with Crippen LogP contribution < -0.4 is 10.1 Å². The predicted molar refractivity (Wildman–Crippen MR) is 111 cm³/mol. The van der Waals surface area contributed by atoms with E-state index >= 15 is 0 Å². The first kappa shape index (κ1) is 19.4. The Balaban J connectivity index is 1.32. The number of carbonyl (C=O) groups is 1. The van der Waals surface area contributed by atoms with Gasteiger partial charge in [-0.15, -0.1) is 0 Å². The van der Waals surface area contributed by atoms with Gasteiger partial charge in [0.2, 0.25) is 5.91 Å². The first-order valence-corrected chi connectivity index (χ1v) is 10.00. The maximum absolute atomic E-state index is 11.9. The molecule has 0 fully saturated rings. The van der Waals surface area contributed by atoms with Gasteiger partial charge >= 0.3 is 0 Å². The Morgan fingerprint density at radius 2 is 1.93 bits per heavy atom. The summed E-state index contributed by atoms with van der Waals surface area (Å²) in [6, 6.07) is 15.9. The third-order valence-corrected chi connectivity index (χ3v) is 4.87. The number of nitrogens with one attached hydrogen (secondary N) is 1. The zero-order valence-electron chi connectivity index (χ0n) is 15.5. The van der Waals surface area contributed by atoms with Crippen molar-refractivity contribution in [1.29, 1.82) is 0 Å². The van der Waals surface area contributed by atoms with Gasteiger partial charge in [0.1, 0.15) is 5.75 Å². The molecule has 0 atom stereocenters. The summed E-state index contributed by atoms with van der Waals surface area (Å²) in [4.78, 5) is 11.9. The highest BCUT2D eigenvalue weighted by Gasteiger charge is 2.06. The second kappa shape index (κ2) is 9.55. The van der Waals surface area contributed by atoms with Gasteiger partial charge in [-0.05, 0) is 50.1 Å². The van der Waals surface area contributed by atoms with Gasteiger partial charge in [-0.25, -0.2) is 0 Å². The normalized spacial score (nSPS) is 10.9. The smallest absolute Gasteiger partial charge is 0.220 e. The van der Waals surface area contributed by atoms with Crippen LogP contribution in [0.3, 0.4) is 0 Å². The van der Waals surface area contributed by atoms with E-state index in [1.165, 1.54) is 5.39 Å². The predicted octanol–water partition coefficient (Wildman–Crippen LogP) is 4.47. The average Bonchev–Trinajstić information content (AvgIpc) is 3.00. The number of ether oxygens (including phenoxy) is 1. The van der Waals surface area contributed by atoms with Crippen LogP contribution >= 0.6 is 15.9 Å². The van der Waals surface area contributed by atoms with E-state index in [0.29, 0.717) is 26.0 Å². The van der Waals surface area contributed by atoms with Crippen LogP contribution in [0.1, 0.15) is 25.0 Å². The van der Waals surface area contributed by atoms with Crippen LogP contribution in [-0.2, 0) is 11.3 Å². The summed E-state index contributed by atoms with van der Waals surface area (Å²) >= 11 is 3.39. The lowest BCUT2D eigenvalue weighted by atomic mass is 10.2. The highest BCUT2D eigenvalue weighted by molar-refractivity contribution is 9.10. The molecule has 0 aliphatic heterocycles. The molecule has 27 heavy (non-hydrogen) atoms. The standard InChI is InChI=1S/C21H24BrN3O2/c1-16-19-6-2-3-7-20(19)25(24-16)14-5-13-23-21(26)8-4-15-27-18-11-9-17(22)10-12-18/h2-3,6-7,9-12H,4-5,8,13-15H2,1H3,(H,23,26). The number of benzene rings is 2. The molecule has 6 heteroatoms. The molecule has 1 amide bonds. The molecule has 5 nitrogen and oxygen atoms in total. The molecule has 3 rings (SSSR count). The van der Waals surface area contributed by atoms with Crippen molar-refractivity contribution in [2.24, 2.45) is 0 Å². The third kappa shape index (κ3) is 5.57. The van der Waals surface area contributed by atoms with Gasteiger partial charge in [-0.2, -0.15) is 5.10 Å². The van der Waals surface area contributed by atoms with Crippen LogP contribution in [0.2, 0.25) is 0 Å². The second-order valence-electron chi connectivity index (χ2n) is 6.44. The van der Waals surface area contributed by atoms with E-state index in [-0.39, 0.29) is 5.91 Å². The van der Waals surface area contributed by atoms with Gasteiger partial charge in [0, 0.05) is 29.4 Å². The molecule has 0 saturated heterocycles. The highest BCUT2D eigenvalue weighted by Crippen LogP contribution is 2.18. The van der Waals surface area contributed by atoms with Gasteiger partial charge in [0.05, 0.1) is 17.8 Å². The lowest BCUT2D eigenvalue weighted by Gasteiger charge is -2.08. The first-order chi connectivity index (χ1) is 13.1. The fourth-order valence-electron chi connectivity index (χ4n) is 2.96. The number of rotatable bonds is 9. The van der Waals surface area contributed by atoms with Crippen LogP contribution in [0.15, 0.2) is 53.0 Å². The molecule has 0 aliphatic rings. The molecule has 1 N–H and O–H groups in total. The van der Waals surface area contributed by atoms with Gasteiger partial charge in [0.25, 0.3) is 0 Å². The summed E-state index contributed by atoms with van der Waals surface area (Å²) in [5, 5.41) is 8.75. The Morgan fingerprint density at radius 3 is 2.74 bits per heavy atom. The number of halogens is 1. The van der Waals surface area contributed by atoms with E-state index in [1.807, 2.05) is 48.0 Å². The Kier molecular flexibility index (Phi) is 6.87. The fraction of sp³-hybridized carbons (Fsp3) is 0.333. The molecule has 2 aromatic carbocycles. The monoisotopic (exact) mass is 429 g/mol. The minimum Gasteiger partial charge on any atom is -0.494 e. The quantitative estimate of drug-likeness (QED) is 0.510. The number of fused-ring (bicyclic) bond motifs is 1. The van der Waals surface area contributed by atoms with E-state index in [9.17, 15) is 4.79 Å². The largest absolute Gasteiger partial charge is 0.494 e. The number of nitrogens with zero attached hydrogens (tertiary/aromatic N) is 2. The van der Waals surface area contributed by atoms with Crippen molar-refractivity contribution >= 4 is 32.7 Å². The summed E-state index contributed by atoms with van der Waals surface area (Å²) in [7, 11) is 0.